The summed E-state index contributed by atoms with van der Waals surface area (Å²) in [6.07, 6.45) is 2.65. The average molecular weight is 281 g/mol. The molecule has 0 spiro atoms. The van der Waals surface area contributed by atoms with Crippen LogP contribution in [-0.2, 0) is 9.53 Å². The number of piperidine rings is 1. The van der Waals surface area contributed by atoms with Crippen LogP contribution in [0.2, 0.25) is 0 Å². The van der Waals surface area contributed by atoms with E-state index in [1.807, 2.05) is 4.90 Å². The number of aromatic nitrogens is 1. The molecule has 0 radical (unpaired) electrons. The highest BCUT2D eigenvalue weighted by molar-refractivity contribution is 5.68. The van der Waals surface area contributed by atoms with Crippen LogP contribution >= 0.6 is 0 Å². The second-order valence-corrected chi connectivity index (χ2v) is 4.49. The Kier molecular flexibility index (Phi) is 4.46. The van der Waals surface area contributed by atoms with E-state index in [0.717, 1.165) is 0 Å². The second kappa shape index (κ2) is 6.29. The third-order valence-corrected chi connectivity index (χ3v) is 3.15. The van der Waals surface area contributed by atoms with Crippen LogP contribution in [0.25, 0.3) is 0 Å². The van der Waals surface area contributed by atoms with Crippen molar-refractivity contribution in [2.75, 3.05) is 24.6 Å². The summed E-state index contributed by atoms with van der Waals surface area (Å²) in [6, 6.07) is 2.96. The molecule has 0 bridgehead atoms. The SMILES string of the molecule is O=C(O)COC1CCN(c2ncccc2[N+](=O)[O-])CC1. The van der Waals surface area contributed by atoms with Crippen LogP contribution in [0.1, 0.15) is 12.8 Å². The van der Waals surface area contributed by atoms with Crippen LogP contribution < -0.4 is 4.90 Å². The lowest BCUT2D eigenvalue weighted by atomic mass is 10.1. The maximum Gasteiger partial charge on any atom is 0.329 e. The van der Waals surface area contributed by atoms with Crippen molar-refractivity contribution in [1.82, 2.24) is 4.98 Å². The minimum absolute atomic E-state index is 0.0163. The molecule has 0 amide bonds. The molecular formula is C12H15N3O5. The Labute approximate surface area is 115 Å². The largest absolute Gasteiger partial charge is 0.480 e. The summed E-state index contributed by atoms with van der Waals surface area (Å²) in [4.78, 5) is 26.8. The first-order chi connectivity index (χ1) is 9.58. The predicted octanol–water partition coefficient (Wildman–Crippen LogP) is 1.06. The second-order valence-electron chi connectivity index (χ2n) is 4.49. The van der Waals surface area contributed by atoms with Crippen molar-refractivity contribution in [2.24, 2.45) is 0 Å². The van der Waals surface area contributed by atoms with Crippen molar-refractivity contribution in [2.45, 2.75) is 18.9 Å². The smallest absolute Gasteiger partial charge is 0.329 e. The molecule has 1 N–H and O–H groups in total. The van der Waals surface area contributed by atoms with Gasteiger partial charge in [-0.1, -0.05) is 0 Å². The highest BCUT2D eigenvalue weighted by Crippen LogP contribution is 2.27. The fraction of sp³-hybridized carbons (Fsp3) is 0.500. The number of carboxylic acids is 1. The van der Waals surface area contributed by atoms with Crippen LogP contribution in [0.5, 0.6) is 0 Å². The number of anilines is 1. The van der Waals surface area contributed by atoms with E-state index in [0.29, 0.717) is 31.7 Å². The maximum atomic E-state index is 11.0. The van der Waals surface area contributed by atoms with E-state index in [-0.39, 0.29) is 18.4 Å². The Morgan fingerprint density at radius 3 is 2.85 bits per heavy atom. The molecule has 0 unspecified atom stereocenters. The van der Waals surface area contributed by atoms with E-state index in [4.69, 9.17) is 9.84 Å². The van der Waals surface area contributed by atoms with E-state index in [1.54, 1.807) is 0 Å². The van der Waals surface area contributed by atoms with Crippen LogP contribution in [0, 0.1) is 10.1 Å². The highest BCUT2D eigenvalue weighted by atomic mass is 16.6. The van der Waals surface area contributed by atoms with E-state index in [1.165, 1.54) is 18.3 Å². The Bertz CT molecular complexity index is 500. The molecule has 1 fully saturated rings. The fourth-order valence-corrected chi connectivity index (χ4v) is 2.20. The molecule has 0 atom stereocenters. The van der Waals surface area contributed by atoms with Crippen molar-refractivity contribution in [1.29, 1.82) is 0 Å². The first-order valence-corrected chi connectivity index (χ1v) is 6.25. The molecule has 1 aliphatic heterocycles. The van der Waals surface area contributed by atoms with Crippen LogP contribution in [0.3, 0.4) is 0 Å². The van der Waals surface area contributed by atoms with Crippen molar-refractivity contribution >= 4 is 17.5 Å². The van der Waals surface area contributed by atoms with E-state index >= 15 is 0 Å². The van der Waals surface area contributed by atoms with Gasteiger partial charge in [0.2, 0.25) is 5.82 Å². The summed E-state index contributed by atoms with van der Waals surface area (Å²) in [5.41, 5.74) is -0.0163. The van der Waals surface area contributed by atoms with Gasteiger partial charge < -0.3 is 14.7 Å². The number of nitrogens with zero attached hydrogens (tertiary/aromatic N) is 3. The first kappa shape index (κ1) is 14.2. The van der Waals surface area contributed by atoms with E-state index < -0.39 is 10.9 Å². The topological polar surface area (TPSA) is 106 Å². The highest BCUT2D eigenvalue weighted by Gasteiger charge is 2.26. The minimum atomic E-state index is -0.993. The van der Waals surface area contributed by atoms with Gasteiger partial charge in [-0.15, -0.1) is 0 Å². The Morgan fingerprint density at radius 1 is 1.55 bits per heavy atom. The molecule has 0 aromatic carbocycles. The summed E-state index contributed by atoms with van der Waals surface area (Å²) >= 11 is 0. The van der Waals surface area contributed by atoms with Crippen LogP contribution in [0.15, 0.2) is 18.3 Å². The van der Waals surface area contributed by atoms with Gasteiger partial charge in [-0.05, 0) is 18.9 Å². The lowest BCUT2D eigenvalue weighted by Gasteiger charge is -2.32. The summed E-state index contributed by atoms with van der Waals surface area (Å²) < 4.78 is 5.23. The number of ether oxygens (including phenoxy) is 1. The molecule has 8 heteroatoms. The first-order valence-electron chi connectivity index (χ1n) is 6.25. The Hall–Kier alpha value is -2.22. The number of carbonyl (C=O) groups is 1. The van der Waals surface area contributed by atoms with Gasteiger partial charge in [0, 0.05) is 25.4 Å². The monoisotopic (exact) mass is 281 g/mol. The lowest BCUT2D eigenvalue weighted by Crippen LogP contribution is -2.38. The fourth-order valence-electron chi connectivity index (χ4n) is 2.20. The summed E-state index contributed by atoms with van der Waals surface area (Å²) in [6.45, 7) is 0.804. The van der Waals surface area contributed by atoms with Gasteiger partial charge in [0.05, 0.1) is 11.0 Å². The Morgan fingerprint density at radius 2 is 2.25 bits per heavy atom. The number of pyridine rings is 1. The molecule has 2 rings (SSSR count). The number of rotatable bonds is 5. The van der Waals surface area contributed by atoms with Gasteiger partial charge in [-0.3, -0.25) is 10.1 Å². The molecule has 0 aliphatic carbocycles. The number of hydrogen-bond acceptors (Lipinski definition) is 6. The average Bonchev–Trinajstić information content (AvgIpc) is 2.45. The normalized spacial score (nSPS) is 16.1. The molecule has 8 nitrogen and oxygen atoms in total. The van der Waals surface area contributed by atoms with Crippen molar-refractivity contribution in [3.05, 3.63) is 28.4 Å². The van der Waals surface area contributed by atoms with Crippen LogP contribution in [-0.4, -0.2) is 46.8 Å². The molecule has 1 saturated heterocycles. The van der Waals surface area contributed by atoms with Gasteiger partial charge in [-0.2, -0.15) is 0 Å². The van der Waals surface area contributed by atoms with Gasteiger partial charge in [0.25, 0.3) is 0 Å². The standard InChI is InChI=1S/C12H15N3O5/c16-11(17)8-20-9-3-6-14(7-4-9)12-10(15(18)19)2-1-5-13-12/h1-2,5,9H,3-4,6-8H2,(H,16,17). The molecule has 1 aromatic rings. The zero-order chi connectivity index (χ0) is 14.5. The van der Waals surface area contributed by atoms with Gasteiger partial charge in [-0.25, -0.2) is 9.78 Å². The molecule has 20 heavy (non-hydrogen) atoms. The lowest BCUT2D eigenvalue weighted by molar-refractivity contribution is -0.384. The zero-order valence-corrected chi connectivity index (χ0v) is 10.8. The molecule has 108 valence electrons. The van der Waals surface area contributed by atoms with Gasteiger partial charge in [0.1, 0.15) is 6.61 Å². The van der Waals surface area contributed by atoms with Crippen molar-refractivity contribution in [3.8, 4) is 0 Å². The van der Waals surface area contributed by atoms with E-state index in [9.17, 15) is 14.9 Å². The van der Waals surface area contributed by atoms with Crippen LogP contribution in [0.4, 0.5) is 11.5 Å². The van der Waals surface area contributed by atoms with Gasteiger partial charge in [0.15, 0.2) is 0 Å². The Balaban J connectivity index is 1.97. The number of carboxylic acid groups (broad SMARTS) is 1. The number of hydrogen-bond donors (Lipinski definition) is 1. The molecule has 0 saturated carbocycles. The summed E-state index contributed by atoms with van der Waals surface area (Å²) in [5, 5.41) is 19.5. The number of aliphatic carboxylic acids is 1. The quantitative estimate of drug-likeness (QED) is 0.635. The summed E-state index contributed by atoms with van der Waals surface area (Å²) in [5.74, 6) is -0.637. The van der Waals surface area contributed by atoms with Crippen molar-refractivity contribution in [3.63, 3.8) is 0 Å². The minimum Gasteiger partial charge on any atom is -0.480 e. The van der Waals surface area contributed by atoms with Crippen molar-refractivity contribution < 1.29 is 19.6 Å². The molecular weight excluding hydrogens is 266 g/mol. The zero-order valence-electron chi connectivity index (χ0n) is 10.8. The molecule has 1 aromatic heterocycles. The predicted molar refractivity (Wildman–Crippen MR) is 69.7 cm³/mol. The maximum absolute atomic E-state index is 11.0. The third-order valence-electron chi connectivity index (χ3n) is 3.15. The molecule has 1 aliphatic rings. The molecule has 2 heterocycles. The third kappa shape index (κ3) is 3.41. The summed E-state index contributed by atoms with van der Waals surface area (Å²) in [7, 11) is 0. The van der Waals surface area contributed by atoms with Gasteiger partial charge >= 0.3 is 11.7 Å². The van der Waals surface area contributed by atoms with E-state index in [2.05, 4.69) is 4.98 Å². The number of nitro groups is 1.